The lowest BCUT2D eigenvalue weighted by atomic mass is 10.1. The van der Waals surface area contributed by atoms with Crippen LogP contribution in [-0.2, 0) is 6.54 Å². The lowest BCUT2D eigenvalue weighted by molar-refractivity contribution is 0.261. The molecule has 1 aromatic carbocycles. The Balaban J connectivity index is 1.83. The number of fused-ring (bicyclic) bond motifs is 1. The van der Waals surface area contributed by atoms with Gasteiger partial charge >= 0.3 is 0 Å². The molecule has 108 valence electrons. The Bertz CT molecular complexity index is 614. The van der Waals surface area contributed by atoms with Crippen LogP contribution in [0.3, 0.4) is 0 Å². The summed E-state index contributed by atoms with van der Waals surface area (Å²) in [5.41, 5.74) is 8.85. The zero-order valence-corrected chi connectivity index (χ0v) is 12.6. The van der Waals surface area contributed by atoms with Gasteiger partial charge in [0, 0.05) is 24.8 Å². The molecule has 20 heavy (non-hydrogen) atoms. The number of aryl methyl sites for hydroxylation is 1. The van der Waals surface area contributed by atoms with Crippen molar-refractivity contribution < 1.29 is 0 Å². The third-order valence-corrected chi connectivity index (χ3v) is 4.45. The third-order valence-electron chi connectivity index (χ3n) is 4.45. The summed E-state index contributed by atoms with van der Waals surface area (Å²) in [6, 6.07) is 6.68. The second-order valence-electron chi connectivity index (χ2n) is 6.26. The molecule has 1 saturated heterocycles. The SMILES string of the molecule is Cc1nc2cc(N)ccc2n1CC1CCN(C(C)C)C1. The van der Waals surface area contributed by atoms with E-state index in [1.165, 1.54) is 25.0 Å². The van der Waals surface area contributed by atoms with Gasteiger partial charge in [0.1, 0.15) is 5.82 Å². The van der Waals surface area contributed by atoms with Gasteiger partial charge in [-0.15, -0.1) is 0 Å². The van der Waals surface area contributed by atoms with Crippen molar-refractivity contribution in [1.29, 1.82) is 0 Å². The number of benzene rings is 1. The van der Waals surface area contributed by atoms with E-state index >= 15 is 0 Å². The van der Waals surface area contributed by atoms with Crippen molar-refractivity contribution in [3.05, 3.63) is 24.0 Å². The van der Waals surface area contributed by atoms with Crippen molar-refractivity contribution in [2.75, 3.05) is 18.8 Å². The van der Waals surface area contributed by atoms with E-state index < -0.39 is 0 Å². The number of nitrogens with zero attached hydrogens (tertiary/aromatic N) is 3. The first-order chi connectivity index (χ1) is 9.54. The number of hydrogen-bond acceptors (Lipinski definition) is 3. The number of hydrogen-bond donors (Lipinski definition) is 1. The van der Waals surface area contributed by atoms with E-state index in [0.717, 1.165) is 29.5 Å². The summed E-state index contributed by atoms with van der Waals surface area (Å²) in [5.74, 6) is 1.82. The molecule has 2 N–H and O–H groups in total. The predicted octanol–water partition coefficient (Wildman–Crippen LogP) is 2.66. The fraction of sp³-hybridized carbons (Fsp3) is 0.562. The molecule has 2 heterocycles. The van der Waals surface area contributed by atoms with Gasteiger partial charge in [-0.2, -0.15) is 0 Å². The summed E-state index contributed by atoms with van der Waals surface area (Å²) in [6.07, 6.45) is 1.28. The molecule has 4 heteroatoms. The van der Waals surface area contributed by atoms with E-state index in [1.807, 2.05) is 12.1 Å². The highest BCUT2D eigenvalue weighted by atomic mass is 15.2. The molecule has 0 aliphatic carbocycles. The monoisotopic (exact) mass is 272 g/mol. The van der Waals surface area contributed by atoms with E-state index in [4.69, 9.17) is 5.73 Å². The minimum atomic E-state index is 0.653. The van der Waals surface area contributed by atoms with Crippen molar-refractivity contribution in [3.8, 4) is 0 Å². The van der Waals surface area contributed by atoms with Crippen LogP contribution in [0.1, 0.15) is 26.1 Å². The van der Waals surface area contributed by atoms with Gasteiger partial charge in [0.05, 0.1) is 11.0 Å². The zero-order chi connectivity index (χ0) is 14.3. The minimum Gasteiger partial charge on any atom is -0.399 e. The summed E-state index contributed by atoms with van der Waals surface area (Å²) >= 11 is 0. The highest BCUT2D eigenvalue weighted by molar-refractivity contribution is 5.79. The highest BCUT2D eigenvalue weighted by Gasteiger charge is 2.25. The number of imidazole rings is 1. The van der Waals surface area contributed by atoms with E-state index in [-0.39, 0.29) is 0 Å². The Morgan fingerprint density at radius 1 is 1.40 bits per heavy atom. The van der Waals surface area contributed by atoms with Crippen LogP contribution in [0.5, 0.6) is 0 Å². The van der Waals surface area contributed by atoms with E-state index in [9.17, 15) is 0 Å². The lowest BCUT2D eigenvalue weighted by Crippen LogP contribution is -2.28. The molecule has 1 aliphatic rings. The standard InChI is InChI=1S/C16H24N4/c1-11(2)19-7-6-13(9-19)10-20-12(3)18-15-8-14(17)4-5-16(15)20/h4-5,8,11,13H,6-7,9-10,17H2,1-3H3. The van der Waals surface area contributed by atoms with Crippen LogP contribution < -0.4 is 5.73 Å². The number of anilines is 1. The summed E-state index contributed by atoms with van der Waals surface area (Å²) in [4.78, 5) is 7.21. The second-order valence-corrected chi connectivity index (χ2v) is 6.26. The molecule has 1 unspecified atom stereocenters. The average Bonchev–Trinajstić information content (AvgIpc) is 2.96. The molecule has 0 saturated carbocycles. The van der Waals surface area contributed by atoms with Crippen molar-refractivity contribution in [2.45, 2.75) is 39.8 Å². The molecule has 0 spiro atoms. The maximum atomic E-state index is 5.84. The van der Waals surface area contributed by atoms with Gasteiger partial charge in [-0.3, -0.25) is 0 Å². The Morgan fingerprint density at radius 3 is 2.90 bits per heavy atom. The maximum Gasteiger partial charge on any atom is 0.106 e. The Kier molecular flexibility index (Phi) is 3.42. The zero-order valence-electron chi connectivity index (χ0n) is 12.6. The smallest absolute Gasteiger partial charge is 0.106 e. The normalized spacial score (nSPS) is 20.3. The number of nitrogen functional groups attached to an aromatic ring is 1. The minimum absolute atomic E-state index is 0.653. The number of likely N-dealkylation sites (tertiary alicyclic amines) is 1. The Labute approximate surface area is 120 Å². The molecule has 0 radical (unpaired) electrons. The van der Waals surface area contributed by atoms with Crippen LogP contribution in [0, 0.1) is 12.8 Å². The first-order valence-electron chi connectivity index (χ1n) is 7.51. The van der Waals surface area contributed by atoms with Crippen LogP contribution in [0.25, 0.3) is 11.0 Å². The van der Waals surface area contributed by atoms with Gasteiger partial charge < -0.3 is 15.2 Å². The van der Waals surface area contributed by atoms with Crippen LogP contribution in [0.4, 0.5) is 5.69 Å². The van der Waals surface area contributed by atoms with Crippen molar-refractivity contribution in [2.24, 2.45) is 5.92 Å². The summed E-state index contributed by atoms with van der Waals surface area (Å²) in [5, 5.41) is 0. The number of aromatic nitrogens is 2. The van der Waals surface area contributed by atoms with Crippen molar-refractivity contribution in [3.63, 3.8) is 0 Å². The van der Waals surface area contributed by atoms with Crippen LogP contribution in [0.15, 0.2) is 18.2 Å². The highest BCUT2D eigenvalue weighted by Crippen LogP contribution is 2.24. The van der Waals surface area contributed by atoms with Crippen LogP contribution >= 0.6 is 0 Å². The van der Waals surface area contributed by atoms with Gasteiger partial charge in [-0.1, -0.05) is 0 Å². The third kappa shape index (κ3) is 2.40. The summed E-state index contributed by atoms with van der Waals surface area (Å²) in [6.45, 7) is 10.1. The van der Waals surface area contributed by atoms with Crippen LogP contribution in [0.2, 0.25) is 0 Å². The Hall–Kier alpha value is -1.55. The number of nitrogens with two attached hydrogens (primary N) is 1. The summed E-state index contributed by atoms with van der Waals surface area (Å²) < 4.78 is 2.35. The molecule has 1 fully saturated rings. The molecule has 1 aliphatic heterocycles. The molecule has 0 bridgehead atoms. The van der Waals surface area contributed by atoms with Gasteiger partial charge in [0.15, 0.2) is 0 Å². The fourth-order valence-electron chi connectivity index (χ4n) is 3.24. The van der Waals surface area contributed by atoms with Crippen molar-refractivity contribution >= 4 is 16.7 Å². The average molecular weight is 272 g/mol. The molecule has 3 rings (SSSR count). The largest absolute Gasteiger partial charge is 0.399 e. The molecular formula is C16H24N4. The molecular weight excluding hydrogens is 248 g/mol. The molecule has 0 amide bonds. The molecule has 1 atom stereocenters. The maximum absolute atomic E-state index is 5.84. The second kappa shape index (κ2) is 5.09. The van der Waals surface area contributed by atoms with E-state index in [2.05, 4.69) is 41.3 Å². The van der Waals surface area contributed by atoms with Crippen LogP contribution in [-0.4, -0.2) is 33.6 Å². The summed E-state index contributed by atoms with van der Waals surface area (Å²) in [7, 11) is 0. The molecule has 1 aromatic heterocycles. The van der Waals surface area contributed by atoms with E-state index in [1.54, 1.807) is 0 Å². The van der Waals surface area contributed by atoms with Gasteiger partial charge in [-0.25, -0.2) is 4.98 Å². The topological polar surface area (TPSA) is 47.1 Å². The first kappa shape index (κ1) is 13.4. The fourth-order valence-corrected chi connectivity index (χ4v) is 3.24. The molecule has 2 aromatic rings. The van der Waals surface area contributed by atoms with E-state index in [0.29, 0.717) is 6.04 Å². The Morgan fingerprint density at radius 2 is 2.20 bits per heavy atom. The predicted molar refractivity (Wildman–Crippen MR) is 83.7 cm³/mol. The lowest BCUT2D eigenvalue weighted by Gasteiger charge is -2.20. The quantitative estimate of drug-likeness (QED) is 0.874. The van der Waals surface area contributed by atoms with Gasteiger partial charge in [-0.05, 0) is 57.9 Å². The first-order valence-corrected chi connectivity index (χ1v) is 7.51. The van der Waals surface area contributed by atoms with Crippen molar-refractivity contribution in [1.82, 2.24) is 14.5 Å². The molecule has 4 nitrogen and oxygen atoms in total. The number of rotatable bonds is 3. The van der Waals surface area contributed by atoms with Gasteiger partial charge in [0.2, 0.25) is 0 Å². The van der Waals surface area contributed by atoms with Gasteiger partial charge in [0.25, 0.3) is 0 Å².